The standard InChI is InChI=1S/C41H59NO15/c1-19(2)14-24(42-36(50)57-37(8,9)10)30(47)35(49)54-25-17-41(51)34(55-28(46)15-20(3)4)32-39(13,26(45)16-27-40(32,18-52-27)56-23(7)44)33(48)31(53-22(6)43)29(21(25)5)38(41,11)12/h14-15,24-27,30-32,34,45,47,51H,16-18H2,1-13H3,(H,42,50)/t24-,25+,26-,27-,30+,31+,32-,34-,39+,40-,41-/m0/s1. The molecule has 4 rings (SSSR count). The first kappa shape index (κ1) is 45.6. The van der Waals surface area contributed by atoms with Gasteiger partial charge in [0, 0.05) is 38.2 Å². The van der Waals surface area contributed by atoms with Crippen LogP contribution in [-0.2, 0) is 52.4 Å². The molecule has 318 valence electrons. The zero-order chi connectivity index (χ0) is 43.4. The lowest BCUT2D eigenvalue weighted by Gasteiger charge is -2.67. The van der Waals surface area contributed by atoms with Gasteiger partial charge >= 0.3 is 30.0 Å². The quantitative estimate of drug-likeness (QED) is 0.114. The Bertz CT molecular complexity index is 1760. The van der Waals surface area contributed by atoms with Crippen LogP contribution in [0.5, 0.6) is 0 Å². The number of alkyl carbamates (subject to hydrolysis) is 1. The lowest BCUT2D eigenvalue weighted by atomic mass is 9.44. The first-order valence-corrected chi connectivity index (χ1v) is 19.1. The number of carbonyl (C=O) groups excluding carboxylic acids is 6. The summed E-state index contributed by atoms with van der Waals surface area (Å²) >= 11 is 0. The minimum absolute atomic E-state index is 0.000116. The van der Waals surface area contributed by atoms with Crippen LogP contribution in [0.4, 0.5) is 4.79 Å². The van der Waals surface area contributed by atoms with E-state index >= 15 is 4.79 Å². The maximum absolute atomic E-state index is 15.3. The maximum atomic E-state index is 15.3. The second-order valence-electron chi connectivity index (χ2n) is 17.9. The molecule has 16 nitrogen and oxygen atoms in total. The fourth-order valence-corrected chi connectivity index (χ4v) is 9.03. The van der Waals surface area contributed by atoms with Crippen molar-refractivity contribution in [1.82, 2.24) is 5.32 Å². The van der Waals surface area contributed by atoms with Gasteiger partial charge in [-0.25, -0.2) is 14.4 Å². The maximum Gasteiger partial charge on any atom is 0.408 e. The third-order valence-corrected chi connectivity index (χ3v) is 11.6. The van der Waals surface area contributed by atoms with Crippen LogP contribution in [0.3, 0.4) is 0 Å². The summed E-state index contributed by atoms with van der Waals surface area (Å²) in [5.74, 6) is -6.22. The highest BCUT2D eigenvalue weighted by atomic mass is 16.6. The van der Waals surface area contributed by atoms with Gasteiger partial charge in [-0.3, -0.25) is 14.4 Å². The Balaban J connectivity index is 1.99. The smallest absolute Gasteiger partial charge is 0.408 e. The van der Waals surface area contributed by atoms with Gasteiger partial charge < -0.3 is 49.1 Å². The van der Waals surface area contributed by atoms with Crippen LogP contribution in [-0.4, -0.2) is 117 Å². The Morgan fingerprint density at radius 3 is 2.05 bits per heavy atom. The Morgan fingerprint density at radius 1 is 0.947 bits per heavy atom. The van der Waals surface area contributed by atoms with Crippen molar-refractivity contribution in [2.24, 2.45) is 16.7 Å². The summed E-state index contributed by atoms with van der Waals surface area (Å²) in [6, 6.07) is -1.34. The zero-order valence-electron chi connectivity index (χ0n) is 35.1. The number of rotatable bonds is 9. The number of esters is 4. The van der Waals surface area contributed by atoms with Gasteiger partial charge in [0.05, 0.1) is 30.1 Å². The summed E-state index contributed by atoms with van der Waals surface area (Å²) in [4.78, 5) is 81.4. The molecule has 0 radical (unpaired) electrons. The zero-order valence-corrected chi connectivity index (χ0v) is 35.1. The van der Waals surface area contributed by atoms with Crippen LogP contribution in [0.15, 0.2) is 34.4 Å². The molecule has 4 aliphatic rings. The van der Waals surface area contributed by atoms with E-state index in [4.69, 9.17) is 28.4 Å². The van der Waals surface area contributed by atoms with Crippen LogP contribution in [0.2, 0.25) is 0 Å². The van der Waals surface area contributed by atoms with E-state index in [0.29, 0.717) is 11.1 Å². The van der Waals surface area contributed by atoms with Crippen LogP contribution >= 0.6 is 0 Å². The summed E-state index contributed by atoms with van der Waals surface area (Å²) in [5.41, 5.74) is -7.34. The van der Waals surface area contributed by atoms with E-state index in [1.807, 2.05) is 0 Å². The minimum Gasteiger partial charge on any atom is -0.456 e. The fourth-order valence-electron chi connectivity index (χ4n) is 9.03. The van der Waals surface area contributed by atoms with E-state index < -0.39 is 118 Å². The number of hydrogen-bond acceptors (Lipinski definition) is 15. The molecule has 1 amide bonds. The summed E-state index contributed by atoms with van der Waals surface area (Å²) in [7, 11) is 0. The molecule has 1 aliphatic heterocycles. The average Bonchev–Trinajstić information content (AvgIpc) is 3.03. The second-order valence-corrected chi connectivity index (χ2v) is 17.9. The van der Waals surface area contributed by atoms with E-state index in [0.717, 1.165) is 13.8 Å². The van der Waals surface area contributed by atoms with Crippen LogP contribution in [0.25, 0.3) is 0 Å². The van der Waals surface area contributed by atoms with Crippen molar-refractivity contribution < 1.29 is 72.5 Å². The molecule has 57 heavy (non-hydrogen) atoms. The highest BCUT2D eigenvalue weighted by Gasteiger charge is 2.78. The summed E-state index contributed by atoms with van der Waals surface area (Å²) in [6.07, 6.45) is -8.68. The number of fused-ring (bicyclic) bond motifs is 5. The van der Waals surface area contributed by atoms with Crippen molar-refractivity contribution >= 4 is 35.8 Å². The van der Waals surface area contributed by atoms with Crippen molar-refractivity contribution in [1.29, 1.82) is 0 Å². The van der Waals surface area contributed by atoms with Gasteiger partial charge in [0.25, 0.3) is 0 Å². The summed E-state index contributed by atoms with van der Waals surface area (Å²) < 4.78 is 35.1. The van der Waals surface area contributed by atoms with Crippen molar-refractivity contribution in [2.75, 3.05) is 6.61 Å². The third-order valence-electron chi connectivity index (χ3n) is 11.6. The fraction of sp³-hybridized carbons (Fsp3) is 0.707. The molecular formula is C41H59NO15. The first-order valence-electron chi connectivity index (χ1n) is 19.1. The lowest BCUT2D eigenvalue weighted by Crippen LogP contribution is -2.82. The lowest BCUT2D eigenvalue weighted by molar-refractivity contribution is -0.347. The topological polar surface area (TPSA) is 231 Å². The van der Waals surface area contributed by atoms with Gasteiger partial charge in [0.1, 0.15) is 29.5 Å². The normalized spacial score (nSPS) is 33.9. The number of Topliss-reactive ketones (excluding diaryl/α,β-unsaturated/α-hetero) is 1. The van der Waals surface area contributed by atoms with E-state index in [1.54, 1.807) is 62.3 Å². The molecule has 2 bridgehead atoms. The van der Waals surface area contributed by atoms with Gasteiger partial charge in [-0.2, -0.15) is 0 Å². The van der Waals surface area contributed by atoms with E-state index in [-0.39, 0.29) is 24.2 Å². The van der Waals surface area contributed by atoms with Gasteiger partial charge in [-0.1, -0.05) is 31.1 Å². The number of ketones is 1. The summed E-state index contributed by atoms with van der Waals surface area (Å²) in [5, 5.41) is 39.2. The predicted octanol–water partition coefficient (Wildman–Crippen LogP) is 3.08. The predicted molar refractivity (Wildman–Crippen MR) is 201 cm³/mol. The summed E-state index contributed by atoms with van der Waals surface area (Å²) in [6.45, 7) is 19.5. The Labute approximate surface area is 333 Å². The SMILES string of the molecule is CC(=O)O[C@H]1C(=O)[C@@]2(C)[C@H]([C@H](OC(=O)C=C(C)C)[C@@]3(O)C[C@@H](OC(=O)[C@H](O)[C@H](C=C(C)C)NC(=O)OC(C)(C)C)C(C)=C1C3(C)C)[C@]1(OC(C)=O)CO[C@H]1C[C@@H]2O. The molecule has 3 fully saturated rings. The van der Waals surface area contributed by atoms with Gasteiger partial charge in [-0.15, -0.1) is 0 Å². The van der Waals surface area contributed by atoms with Crippen molar-refractivity contribution in [3.63, 3.8) is 0 Å². The number of ether oxygens (including phenoxy) is 6. The van der Waals surface area contributed by atoms with Crippen LogP contribution < -0.4 is 5.32 Å². The molecular weight excluding hydrogens is 746 g/mol. The number of carbonyl (C=O) groups is 6. The highest BCUT2D eigenvalue weighted by molar-refractivity contribution is 5.95. The minimum atomic E-state index is -2.35. The second kappa shape index (κ2) is 15.9. The van der Waals surface area contributed by atoms with Crippen molar-refractivity contribution in [3.8, 4) is 0 Å². The van der Waals surface area contributed by atoms with E-state index in [9.17, 15) is 39.3 Å². The number of amides is 1. The third kappa shape index (κ3) is 8.41. The first-order chi connectivity index (χ1) is 26.0. The van der Waals surface area contributed by atoms with E-state index in [1.165, 1.54) is 26.0 Å². The number of hydrogen-bond donors (Lipinski definition) is 4. The molecule has 2 saturated carbocycles. The van der Waals surface area contributed by atoms with Crippen LogP contribution in [0.1, 0.15) is 103 Å². The molecule has 16 heteroatoms. The number of nitrogens with one attached hydrogen (secondary N) is 1. The molecule has 0 aromatic heterocycles. The Hall–Kier alpha value is -4.12. The van der Waals surface area contributed by atoms with E-state index in [2.05, 4.69) is 5.32 Å². The molecule has 11 atom stereocenters. The Morgan fingerprint density at radius 2 is 1.56 bits per heavy atom. The van der Waals surface area contributed by atoms with Crippen LogP contribution in [0, 0.1) is 16.7 Å². The van der Waals surface area contributed by atoms with Gasteiger partial charge in [-0.05, 0) is 73.5 Å². The molecule has 1 heterocycles. The van der Waals surface area contributed by atoms with Gasteiger partial charge in [0.15, 0.2) is 23.6 Å². The van der Waals surface area contributed by atoms with Crippen molar-refractivity contribution in [3.05, 3.63) is 34.4 Å². The largest absolute Gasteiger partial charge is 0.456 e. The molecule has 0 unspecified atom stereocenters. The Kier molecular flexibility index (Phi) is 12.7. The number of aliphatic hydroxyl groups excluding tert-OH is 2. The molecule has 0 spiro atoms. The average molecular weight is 806 g/mol. The number of allylic oxidation sites excluding steroid dienone is 2. The molecule has 1 saturated heterocycles. The monoisotopic (exact) mass is 805 g/mol. The highest BCUT2D eigenvalue weighted by Crippen LogP contribution is 2.64. The molecule has 0 aromatic carbocycles. The number of aliphatic hydroxyl groups is 3. The van der Waals surface area contributed by atoms with Gasteiger partial charge in [0.2, 0.25) is 0 Å². The molecule has 0 aromatic rings. The van der Waals surface area contributed by atoms with Crippen molar-refractivity contribution in [2.45, 2.75) is 162 Å². The molecule has 4 N–H and O–H groups in total. The molecule has 3 aliphatic carbocycles.